The van der Waals surface area contributed by atoms with Gasteiger partial charge in [-0.25, -0.2) is 8.42 Å². The Balaban J connectivity index is 2.15. The van der Waals surface area contributed by atoms with Gasteiger partial charge in [0.25, 0.3) is 0 Å². The molecule has 2 amide bonds. The molecular formula is C27H39N3O4S. The molecule has 0 saturated heterocycles. The highest BCUT2D eigenvalue weighted by molar-refractivity contribution is 7.92. The summed E-state index contributed by atoms with van der Waals surface area (Å²) < 4.78 is 26.2. The minimum absolute atomic E-state index is 0.0382. The van der Waals surface area contributed by atoms with Crippen molar-refractivity contribution in [3.05, 3.63) is 65.2 Å². The van der Waals surface area contributed by atoms with Gasteiger partial charge in [-0.2, -0.15) is 0 Å². The Kier molecular flexibility index (Phi) is 10.3. The fourth-order valence-electron chi connectivity index (χ4n) is 3.78. The standard InChI is InChI=1S/C27H39N3O4S/c1-7-23-14-16-25(17-15-23)30(35(6,33)34)18-8-9-26(31)29(22(5)27(32)28-20(2)3)19-24-12-10-21(4)11-13-24/h10-17,20,22H,7-9,18-19H2,1-6H3,(H,28,32)/t22-/m1/s1. The molecular weight excluding hydrogens is 462 g/mol. The lowest BCUT2D eigenvalue weighted by Gasteiger charge is -2.30. The number of benzene rings is 2. The summed E-state index contributed by atoms with van der Waals surface area (Å²) in [6.07, 6.45) is 2.51. The van der Waals surface area contributed by atoms with E-state index in [9.17, 15) is 18.0 Å². The summed E-state index contributed by atoms with van der Waals surface area (Å²) in [5.41, 5.74) is 3.75. The molecule has 2 aromatic carbocycles. The van der Waals surface area contributed by atoms with Gasteiger partial charge >= 0.3 is 0 Å². The van der Waals surface area contributed by atoms with E-state index in [1.807, 2.05) is 64.1 Å². The Morgan fingerprint density at radius 2 is 1.51 bits per heavy atom. The second-order valence-electron chi connectivity index (χ2n) is 9.31. The lowest BCUT2D eigenvalue weighted by Crippen LogP contribution is -2.49. The highest BCUT2D eigenvalue weighted by Gasteiger charge is 2.27. The molecule has 0 saturated carbocycles. The van der Waals surface area contributed by atoms with Crippen LogP contribution in [0.3, 0.4) is 0 Å². The lowest BCUT2D eigenvalue weighted by molar-refractivity contribution is -0.140. The molecule has 0 bridgehead atoms. The van der Waals surface area contributed by atoms with E-state index in [0.29, 0.717) is 18.7 Å². The van der Waals surface area contributed by atoms with E-state index in [0.717, 1.165) is 23.1 Å². The molecule has 0 unspecified atom stereocenters. The molecule has 0 aromatic heterocycles. The summed E-state index contributed by atoms with van der Waals surface area (Å²) in [5, 5.41) is 2.88. The number of nitrogens with one attached hydrogen (secondary N) is 1. The summed E-state index contributed by atoms with van der Waals surface area (Å²) in [6, 6.07) is 14.6. The van der Waals surface area contributed by atoms with Crippen molar-refractivity contribution in [2.75, 3.05) is 17.1 Å². The van der Waals surface area contributed by atoms with Gasteiger partial charge in [0.05, 0.1) is 11.9 Å². The number of sulfonamides is 1. The van der Waals surface area contributed by atoms with Gasteiger partial charge in [0, 0.05) is 25.6 Å². The largest absolute Gasteiger partial charge is 0.352 e. The van der Waals surface area contributed by atoms with Crippen LogP contribution in [-0.4, -0.2) is 50.0 Å². The Bertz CT molecular complexity index is 1080. The number of nitrogens with zero attached hydrogens (tertiary/aromatic N) is 2. The average Bonchev–Trinajstić information content (AvgIpc) is 2.79. The third-order valence-electron chi connectivity index (χ3n) is 5.86. The summed E-state index contributed by atoms with van der Waals surface area (Å²) in [5.74, 6) is -0.402. The number of carbonyl (C=O) groups excluding carboxylic acids is 2. The predicted octanol–water partition coefficient (Wildman–Crippen LogP) is 4.05. The number of rotatable bonds is 12. The molecule has 0 fully saturated rings. The first-order valence-corrected chi connectivity index (χ1v) is 14.0. The zero-order valence-electron chi connectivity index (χ0n) is 21.7. The van der Waals surface area contributed by atoms with Crippen molar-refractivity contribution >= 4 is 27.5 Å². The molecule has 2 rings (SSSR count). The smallest absolute Gasteiger partial charge is 0.242 e. The van der Waals surface area contributed by atoms with Crippen LogP contribution >= 0.6 is 0 Å². The Morgan fingerprint density at radius 3 is 2.03 bits per heavy atom. The van der Waals surface area contributed by atoms with Crippen LogP contribution in [0.15, 0.2) is 48.5 Å². The van der Waals surface area contributed by atoms with Crippen LogP contribution in [0.1, 0.15) is 57.2 Å². The molecule has 7 nitrogen and oxygen atoms in total. The van der Waals surface area contributed by atoms with E-state index in [2.05, 4.69) is 5.32 Å². The van der Waals surface area contributed by atoms with Crippen molar-refractivity contribution in [2.45, 2.75) is 72.5 Å². The maximum Gasteiger partial charge on any atom is 0.242 e. The minimum Gasteiger partial charge on any atom is -0.352 e. The number of aryl methyl sites for hydroxylation is 2. The van der Waals surface area contributed by atoms with Crippen molar-refractivity contribution in [1.82, 2.24) is 10.2 Å². The van der Waals surface area contributed by atoms with Crippen LogP contribution in [0.2, 0.25) is 0 Å². The van der Waals surface area contributed by atoms with Crippen molar-refractivity contribution in [1.29, 1.82) is 0 Å². The zero-order valence-corrected chi connectivity index (χ0v) is 22.6. The van der Waals surface area contributed by atoms with Crippen LogP contribution in [-0.2, 0) is 32.6 Å². The van der Waals surface area contributed by atoms with Crippen LogP contribution in [0, 0.1) is 6.92 Å². The Morgan fingerprint density at radius 1 is 0.943 bits per heavy atom. The number of amides is 2. The molecule has 0 aliphatic carbocycles. The summed E-state index contributed by atoms with van der Waals surface area (Å²) in [6.45, 7) is 10.0. The molecule has 2 aromatic rings. The quantitative estimate of drug-likeness (QED) is 0.475. The monoisotopic (exact) mass is 501 g/mol. The fourth-order valence-corrected chi connectivity index (χ4v) is 4.75. The molecule has 1 N–H and O–H groups in total. The van der Waals surface area contributed by atoms with Crippen molar-refractivity contribution in [3.8, 4) is 0 Å². The molecule has 0 heterocycles. The highest BCUT2D eigenvalue weighted by atomic mass is 32.2. The summed E-state index contributed by atoms with van der Waals surface area (Å²) in [4.78, 5) is 27.5. The first-order chi connectivity index (χ1) is 16.4. The van der Waals surface area contributed by atoms with E-state index < -0.39 is 16.1 Å². The molecule has 0 aliphatic heterocycles. The van der Waals surface area contributed by atoms with E-state index in [1.54, 1.807) is 24.0 Å². The van der Waals surface area contributed by atoms with Gasteiger partial charge in [0.1, 0.15) is 6.04 Å². The molecule has 35 heavy (non-hydrogen) atoms. The number of carbonyl (C=O) groups is 2. The van der Waals surface area contributed by atoms with Gasteiger partial charge in [0.2, 0.25) is 21.8 Å². The fraction of sp³-hybridized carbons (Fsp3) is 0.481. The lowest BCUT2D eigenvalue weighted by atomic mass is 10.1. The predicted molar refractivity (Wildman–Crippen MR) is 142 cm³/mol. The van der Waals surface area contributed by atoms with Crippen LogP contribution in [0.25, 0.3) is 0 Å². The van der Waals surface area contributed by atoms with Gasteiger partial charge in [-0.15, -0.1) is 0 Å². The van der Waals surface area contributed by atoms with Gasteiger partial charge in [0.15, 0.2) is 0 Å². The van der Waals surface area contributed by atoms with Gasteiger partial charge < -0.3 is 10.2 Å². The highest BCUT2D eigenvalue weighted by Crippen LogP contribution is 2.20. The molecule has 0 spiro atoms. The van der Waals surface area contributed by atoms with Crippen molar-refractivity contribution in [3.63, 3.8) is 0 Å². The van der Waals surface area contributed by atoms with Crippen molar-refractivity contribution in [2.24, 2.45) is 0 Å². The van der Waals surface area contributed by atoms with E-state index in [1.165, 1.54) is 10.6 Å². The second-order valence-corrected chi connectivity index (χ2v) is 11.2. The summed E-state index contributed by atoms with van der Waals surface area (Å²) in [7, 11) is -3.51. The zero-order chi connectivity index (χ0) is 26.2. The molecule has 0 radical (unpaired) electrons. The van der Waals surface area contributed by atoms with Crippen LogP contribution in [0.4, 0.5) is 5.69 Å². The third-order valence-corrected chi connectivity index (χ3v) is 7.05. The second kappa shape index (κ2) is 12.7. The average molecular weight is 502 g/mol. The molecule has 8 heteroatoms. The Labute approximate surface area is 210 Å². The first kappa shape index (κ1) is 28.4. The van der Waals surface area contributed by atoms with Gasteiger partial charge in [-0.3, -0.25) is 13.9 Å². The molecule has 192 valence electrons. The molecule has 0 aliphatic rings. The summed E-state index contributed by atoms with van der Waals surface area (Å²) >= 11 is 0. The van der Waals surface area contributed by atoms with E-state index in [4.69, 9.17) is 0 Å². The van der Waals surface area contributed by atoms with E-state index >= 15 is 0 Å². The third kappa shape index (κ3) is 8.69. The SMILES string of the molecule is CCc1ccc(N(CCCC(=O)N(Cc2ccc(C)cc2)[C@H](C)C(=O)NC(C)C)S(C)(=O)=O)cc1. The number of hydrogen-bond donors (Lipinski definition) is 1. The topological polar surface area (TPSA) is 86.8 Å². The minimum atomic E-state index is -3.51. The maximum atomic E-state index is 13.3. The van der Waals surface area contributed by atoms with Gasteiger partial charge in [-0.1, -0.05) is 48.9 Å². The van der Waals surface area contributed by atoms with E-state index in [-0.39, 0.29) is 30.8 Å². The Hall–Kier alpha value is -2.87. The normalized spacial score (nSPS) is 12.3. The van der Waals surface area contributed by atoms with Crippen molar-refractivity contribution < 1.29 is 18.0 Å². The van der Waals surface area contributed by atoms with Crippen LogP contribution in [0.5, 0.6) is 0 Å². The maximum absolute atomic E-state index is 13.3. The van der Waals surface area contributed by atoms with Crippen LogP contribution < -0.4 is 9.62 Å². The molecule has 1 atom stereocenters. The number of hydrogen-bond acceptors (Lipinski definition) is 4. The van der Waals surface area contributed by atoms with Gasteiger partial charge in [-0.05, 0) is 63.8 Å². The first-order valence-electron chi connectivity index (χ1n) is 12.1. The number of anilines is 1.